The molecular formula is C33H60N2O6P+. The number of aliphatic hydroxyl groups excluding tert-OH is 1. The maximum Gasteiger partial charge on any atom is 0.472 e. The summed E-state index contributed by atoms with van der Waals surface area (Å²) in [5.41, 5.74) is 0. The molecule has 0 aliphatic carbocycles. The van der Waals surface area contributed by atoms with Crippen molar-refractivity contribution >= 4 is 13.7 Å². The topological polar surface area (TPSA) is 105 Å². The molecule has 0 saturated carbocycles. The molecule has 0 rings (SSSR count). The van der Waals surface area contributed by atoms with E-state index < -0.39 is 20.0 Å². The Morgan fingerprint density at radius 3 is 2.00 bits per heavy atom. The van der Waals surface area contributed by atoms with Gasteiger partial charge in [-0.1, -0.05) is 87.4 Å². The van der Waals surface area contributed by atoms with Crippen molar-refractivity contribution in [2.24, 2.45) is 0 Å². The first-order chi connectivity index (χ1) is 20.0. The Hall–Kier alpha value is -1.80. The van der Waals surface area contributed by atoms with Crippen LogP contribution in [0.4, 0.5) is 0 Å². The third-order valence-corrected chi connectivity index (χ3v) is 7.23. The van der Waals surface area contributed by atoms with Crippen LogP contribution in [0.1, 0.15) is 90.9 Å². The van der Waals surface area contributed by atoms with Crippen molar-refractivity contribution in [3.05, 3.63) is 60.8 Å². The molecule has 0 aromatic carbocycles. The van der Waals surface area contributed by atoms with Crippen LogP contribution in [-0.4, -0.2) is 73.4 Å². The van der Waals surface area contributed by atoms with Gasteiger partial charge >= 0.3 is 7.82 Å². The predicted molar refractivity (Wildman–Crippen MR) is 175 cm³/mol. The largest absolute Gasteiger partial charge is 0.472 e. The van der Waals surface area contributed by atoms with Crippen molar-refractivity contribution < 1.29 is 32.9 Å². The Kier molecular flexibility index (Phi) is 24.6. The first-order valence-corrected chi connectivity index (χ1v) is 17.2. The normalized spacial score (nSPS) is 15.9. The second-order valence-corrected chi connectivity index (χ2v) is 12.9. The lowest BCUT2D eigenvalue weighted by molar-refractivity contribution is -0.870. The van der Waals surface area contributed by atoms with Crippen molar-refractivity contribution in [3.63, 3.8) is 0 Å². The molecule has 0 heterocycles. The van der Waals surface area contributed by atoms with Gasteiger partial charge in [0.2, 0.25) is 5.91 Å². The molecule has 3 unspecified atom stereocenters. The molecule has 9 heteroatoms. The van der Waals surface area contributed by atoms with Crippen molar-refractivity contribution in [3.8, 4) is 0 Å². The van der Waals surface area contributed by atoms with E-state index in [1.54, 1.807) is 6.08 Å². The summed E-state index contributed by atoms with van der Waals surface area (Å²) in [6.45, 7) is 4.49. The van der Waals surface area contributed by atoms with Gasteiger partial charge in [-0.2, -0.15) is 0 Å². The van der Waals surface area contributed by atoms with Crippen molar-refractivity contribution in [2.45, 2.75) is 103 Å². The highest BCUT2D eigenvalue weighted by atomic mass is 31.2. The van der Waals surface area contributed by atoms with E-state index >= 15 is 0 Å². The van der Waals surface area contributed by atoms with Crippen LogP contribution in [0.3, 0.4) is 0 Å². The minimum absolute atomic E-state index is 0.0491. The van der Waals surface area contributed by atoms with Crippen LogP contribution < -0.4 is 5.32 Å². The molecule has 0 bridgehead atoms. The quantitative estimate of drug-likeness (QED) is 0.0414. The number of aliphatic hydroxyl groups is 1. The number of carbonyl (C=O) groups excluding carboxylic acids is 1. The third-order valence-electron chi connectivity index (χ3n) is 6.24. The Balaban J connectivity index is 4.57. The number of allylic oxidation sites excluding steroid dienone is 9. The molecule has 0 radical (unpaired) electrons. The summed E-state index contributed by atoms with van der Waals surface area (Å²) in [6.07, 6.45) is 30.4. The average molecular weight is 612 g/mol. The highest BCUT2D eigenvalue weighted by Crippen LogP contribution is 2.43. The van der Waals surface area contributed by atoms with Gasteiger partial charge in [0.1, 0.15) is 13.2 Å². The van der Waals surface area contributed by atoms with Crippen LogP contribution in [0.25, 0.3) is 0 Å². The van der Waals surface area contributed by atoms with E-state index in [0.29, 0.717) is 23.9 Å². The lowest BCUT2D eigenvalue weighted by Gasteiger charge is -2.25. The number of hydrogen-bond donors (Lipinski definition) is 3. The summed E-state index contributed by atoms with van der Waals surface area (Å²) in [6, 6.07) is -0.864. The van der Waals surface area contributed by atoms with Gasteiger partial charge in [0.25, 0.3) is 0 Å². The first-order valence-electron chi connectivity index (χ1n) is 15.7. The lowest BCUT2D eigenvalue weighted by Crippen LogP contribution is -2.45. The molecule has 42 heavy (non-hydrogen) atoms. The van der Waals surface area contributed by atoms with Crippen LogP contribution in [0, 0.1) is 0 Å². The zero-order valence-electron chi connectivity index (χ0n) is 27.0. The molecule has 3 N–H and O–H groups in total. The summed E-state index contributed by atoms with van der Waals surface area (Å²) in [7, 11) is 1.52. The van der Waals surface area contributed by atoms with Crippen LogP contribution in [0.15, 0.2) is 60.8 Å². The second-order valence-electron chi connectivity index (χ2n) is 11.4. The highest BCUT2D eigenvalue weighted by Gasteiger charge is 2.27. The van der Waals surface area contributed by atoms with Gasteiger partial charge in [0.05, 0.1) is 39.9 Å². The molecule has 0 aliphatic heterocycles. The number of nitrogens with one attached hydrogen (secondary N) is 1. The number of unbranched alkanes of at least 4 members (excludes halogenated alkanes) is 5. The molecule has 0 aromatic rings. The smallest absolute Gasteiger partial charge is 0.387 e. The van der Waals surface area contributed by atoms with Crippen molar-refractivity contribution in [1.82, 2.24) is 5.32 Å². The fraction of sp³-hybridized carbons (Fsp3) is 0.667. The number of phosphoric ester groups is 1. The zero-order valence-corrected chi connectivity index (χ0v) is 27.9. The number of quaternary nitrogens is 1. The molecule has 0 fully saturated rings. The first kappa shape index (κ1) is 40.2. The van der Waals surface area contributed by atoms with Crippen LogP contribution in [-0.2, 0) is 18.4 Å². The van der Waals surface area contributed by atoms with Gasteiger partial charge in [-0.15, -0.1) is 0 Å². The molecule has 0 saturated heterocycles. The highest BCUT2D eigenvalue weighted by molar-refractivity contribution is 7.47. The number of phosphoric acid groups is 1. The molecule has 8 nitrogen and oxygen atoms in total. The Morgan fingerprint density at radius 2 is 1.40 bits per heavy atom. The molecule has 0 aliphatic rings. The van der Waals surface area contributed by atoms with E-state index in [4.69, 9.17) is 9.05 Å². The molecule has 1 amide bonds. The van der Waals surface area contributed by atoms with Gasteiger partial charge in [-0.05, 0) is 57.8 Å². The van der Waals surface area contributed by atoms with Gasteiger partial charge in [-0.25, -0.2) is 4.57 Å². The number of rotatable bonds is 26. The van der Waals surface area contributed by atoms with E-state index in [0.717, 1.165) is 64.2 Å². The summed E-state index contributed by atoms with van der Waals surface area (Å²) < 4.78 is 23.2. The lowest BCUT2D eigenvalue weighted by atomic mass is 10.1. The van der Waals surface area contributed by atoms with E-state index in [2.05, 4.69) is 67.8 Å². The monoisotopic (exact) mass is 611 g/mol. The summed E-state index contributed by atoms with van der Waals surface area (Å²) in [4.78, 5) is 22.7. The third kappa shape index (κ3) is 27.1. The van der Waals surface area contributed by atoms with Gasteiger partial charge in [-0.3, -0.25) is 13.8 Å². The van der Waals surface area contributed by atoms with E-state index in [-0.39, 0.29) is 19.1 Å². The van der Waals surface area contributed by atoms with E-state index in [9.17, 15) is 19.4 Å². The van der Waals surface area contributed by atoms with Gasteiger partial charge in [0.15, 0.2) is 0 Å². The number of nitrogens with zero attached hydrogens (tertiary/aromatic N) is 1. The predicted octanol–water partition coefficient (Wildman–Crippen LogP) is 7.17. The average Bonchev–Trinajstić information content (AvgIpc) is 2.92. The molecule has 3 atom stereocenters. The molecular weight excluding hydrogens is 551 g/mol. The number of carbonyl (C=O) groups is 1. The SMILES string of the molecule is CC/C=C\C/C=C\C/C=C\C/C=C\CCCCC(=O)NC(COP(=O)(O)OCC[N+](C)(C)C)C(O)/C=C/CCCCC. The standard InChI is InChI=1S/C33H59N2O6P/c1-6-8-10-12-13-14-15-16-17-18-19-20-21-23-25-27-33(37)34-31(32(36)26-24-22-11-9-7-2)30-41-42(38,39)40-29-28-35(3,4)5/h8,10,13-14,16-17,19-20,24,26,31-32,36H,6-7,9,11-12,15,18,21-23,25,27-30H2,1-5H3,(H-,34,37,38,39)/p+1/b10-8-,14-13-,17-16-,20-19-,26-24+. The van der Waals surface area contributed by atoms with Crippen LogP contribution in [0.2, 0.25) is 0 Å². The van der Waals surface area contributed by atoms with Crippen LogP contribution >= 0.6 is 7.82 Å². The van der Waals surface area contributed by atoms with Crippen LogP contribution in [0.5, 0.6) is 0 Å². The fourth-order valence-corrected chi connectivity index (χ4v) is 4.41. The van der Waals surface area contributed by atoms with E-state index in [1.165, 1.54) is 0 Å². The Labute approximate surface area is 256 Å². The zero-order chi connectivity index (χ0) is 31.5. The maximum absolute atomic E-state index is 12.6. The van der Waals surface area contributed by atoms with E-state index in [1.807, 2.05) is 27.2 Å². The molecule has 0 spiro atoms. The Bertz CT molecular complexity index is 876. The summed E-state index contributed by atoms with van der Waals surface area (Å²) in [5, 5.41) is 13.5. The minimum Gasteiger partial charge on any atom is -0.387 e. The fourth-order valence-electron chi connectivity index (χ4n) is 3.67. The van der Waals surface area contributed by atoms with Gasteiger partial charge < -0.3 is 19.8 Å². The summed E-state index contributed by atoms with van der Waals surface area (Å²) in [5.74, 6) is -0.231. The maximum atomic E-state index is 12.6. The summed E-state index contributed by atoms with van der Waals surface area (Å²) >= 11 is 0. The number of amides is 1. The second kappa shape index (κ2) is 25.7. The molecule has 242 valence electrons. The van der Waals surface area contributed by atoms with Crippen molar-refractivity contribution in [1.29, 1.82) is 0 Å². The molecule has 0 aromatic heterocycles. The number of hydrogen-bond acceptors (Lipinski definition) is 5. The van der Waals surface area contributed by atoms with Gasteiger partial charge in [0, 0.05) is 6.42 Å². The van der Waals surface area contributed by atoms with Crippen molar-refractivity contribution in [2.75, 3.05) is 40.9 Å². The Morgan fingerprint density at radius 1 is 0.833 bits per heavy atom. The number of likely N-dealkylation sites (N-methyl/N-ethyl adjacent to an activating group) is 1. The minimum atomic E-state index is -4.32.